The van der Waals surface area contributed by atoms with E-state index in [2.05, 4.69) is 4.72 Å². The first kappa shape index (κ1) is 17.7. The van der Waals surface area contributed by atoms with Gasteiger partial charge in [-0.25, -0.2) is 17.5 Å². The van der Waals surface area contributed by atoms with Crippen molar-refractivity contribution in [2.24, 2.45) is 5.92 Å². The van der Waals surface area contributed by atoms with Crippen molar-refractivity contribution in [3.05, 3.63) is 29.8 Å². The number of alkyl halides is 1. The van der Waals surface area contributed by atoms with Crippen LogP contribution in [0.5, 0.6) is 5.75 Å². The first-order valence-corrected chi connectivity index (χ1v) is 8.90. The molecule has 1 aromatic rings. The summed E-state index contributed by atoms with van der Waals surface area (Å²) in [5, 5.41) is 8.90. The molecule has 128 valence electrons. The Bertz CT molecular complexity index is 678. The molecule has 1 fully saturated rings. The topological polar surface area (TPSA) is 92.7 Å². The Labute approximate surface area is 134 Å². The van der Waals surface area contributed by atoms with Crippen LogP contribution in [0.25, 0.3) is 0 Å². The van der Waals surface area contributed by atoms with Crippen molar-refractivity contribution in [1.29, 1.82) is 0 Å². The van der Waals surface area contributed by atoms with Gasteiger partial charge in [0.2, 0.25) is 10.0 Å². The summed E-state index contributed by atoms with van der Waals surface area (Å²) in [6.07, 6.45) is 0.110. The van der Waals surface area contributed by atoms with E-state index in [1.807, 2.05) is 0 Å². The minimum absolute atomic E-state index is 0.0473. The number of rotatable bonds is 7. The molecule has 1 aromatic carbocycles. The lowest BCUT2D eigenvalue weighted by molar-refractivity contribution is -0.141. The number of halogens is 1. The van der Waals surface area contributed by atoms with Crippen molar-refractivity contribution in [1.82, 2.24) is 4.72 Å². The molecule has 0 bridgehead atoms. The van der Waals surface area contributed by atoms with Crippen LogP contribution in [-0.2, 0) is 20.6 Å². The van der Waals surface area contributed by atoms with Crippen LogP contribution in [0.3, 0.4) is 0 Å². The molecule has 0 amide bonds. The SMILES string of the molecule is COc1cccc(CS(=O)(=O)NC[C@@]2(F)CC[C@@H](C(=O)O)C2)c1. The fourth-order valence-electron chi connectivity index (χ4n) is 2.72. The van der Waals surface area contributed by atoms with Gasteiger partial charge in [-0.05, 0) is 37.0 Å². The third-order valence-corrected chi connectivity index (χ3v) is 5.30. The molecule has 2 rings (SSSR count). The smallest absolute Gasteiger partial charge is 0.306 e. The predicted molar refractivity (Wildman–Crippen MR) is 82.4 cm³/mol. The molecule has 0 aromatic heterocycles. The fraction of sp³-hybridized carbons (Fsp3) is 0.533. The van der Waals surface area contributed by atoms with Crippen molar-refractivity contribution < 1.29 is 27.4 Å². The highest BCUT2D eigenvalue weighted by Crippen LogP contribution is 2.37. The average Bonchev–Trinajstić information content (AvgIpc) is 2.89. The summed E-state index contributed by atoms with van der Waals surface area (Å²) >= 11 is 0. The maximum Gasteiger partial charge on any atom is 0.306 e. The van der Waals surface area contributed by atoms with Crippen LogP contribution in [0.2, 0.25) is 0 Å². The molecule has 0 spiro atoms. The Morgan fingerprint density at radius 1 is 1.52 bits per heavy atom. The number of carboxylic acids is 1. The number of carbonyl (C=O) groups is 1. The zero-order chi connectivity index (χ0) is 17.1. The summed E-state index contributed by atoms with van der Waals surface area (Å²) in [6.45, 7) is -0.400. The van der Waals surface area contributed by atoms with E-state index < -0.39 is 34.1 Å². The highest BCUT2D eigenvalue weighted by atomic mass is 32.2. The number of carboxylic acid groups (broad SMARTS) is 1. The second kappa shape index (κ2) is 6.84. The minimum Gasteiger partial charge on any atom is -0.497 e. The number of hydrogen-bond acceptors (Lipinski definition) is 4. The highest BCUT2D eigenvalue weighted by molar-refractivity contribution is 7.88. The van der Waals surface area contributed by atoms with Crippen LogP contribution in [0.1, 0.15) is 24.8 Å². The Balaban J connectivity index is 1.95. The van der Waals surface area contributed by atoms with Gasteiger partial charge in [0.15, 0.2) is 0 Å². The molecule has 8 heteroatoms. The summed E-state index contributed by atoms with van der Waals surface area (Å²) in [6, 6.07) is 6.61. The van der Waals surface area contributed by atoms with Crippen molar-refractivity contribution in [2.45, 2.75) is 30.7 Å². The van der Waals surface area contributed by atoms with E-state index in [9.17, 15) is 17.6 Å². The number of aliphatic carboxylic acids is 1. The van der Waals surface area contributed by atoms with E-state index in [1.54, 1.807) is 24.3 Å². The quantitative estimate of drug-likeness (QED) is 0.785. The fourth-order valence-corrected chi connectivity index (χ4v) is 3.92. The molecule has 0 saturated heterocycles. The largest absolute Gasteiger partial charge is 0.497 e. The number of ether oxygens (including phenoxy) is 1. The van der Waals surface area contributed by atoms with E-state index in [0.717, 1.165) is 0 Å². The van der Waals surface area contributed by atoms with Crippen molar-refractivity contribution in [2.75, 3.05) is 13.7 Å². The van der Waals surface area contributed by atoms with Gasteiger partial charge in [0.05, 0.1) is 18.8 Å². The monoisotopic (exact) mass is 345 g/mol. The van der Waals surface area contributed by atoms with Gasteiger partial charge in [-0.3, -0.25) is 4.79 Å². The number of hydrogen-bond donors (Lipinski definition) is 2. The van der Waals surface area contributed by atoms with Crippen LogP contribution in [0.15, 0.2) is 24.3 Å². The van der Waals surface area contributed by atoms with Gasteiger partial charge in [-0.1, -0.05) is 12.1 Å². The normalized spacial score (nSPS) is 24.5. The minimum atomic E-state index is -3.72. The molecule has 1 aliphatic carbocycles. The van der Waals surface area contributed by atoms with E-state index >= 15 is 0 Å². The van der Waals surface area contributed by atoms with Gasteiger partial charge in [0.1, 0.15) is 11.4 Å². The van der Waals surface area contributed by atoms with Crippen molar-refractivity contribution in [3.8, 4) is 5.75 Å². The Kier molecular flexibility index (Phi) is 5.26. The maximum atomic E-state index is 14.5. The van der Waals surface area contributed by atoms with E-state index in [1.165, 1.54) is 7.11 Å². The Hall–Kier alpha value is -1.67. The summed E-state index contributed by atoms with van der Waals surface area (Å²) in [5.74, 6) is -1.53. The van der Waals surface area contributed by atoms with Gasteiger partial charge in [0.25, 0.3) is 0 Å². The first-order valence-electron chi connectivity index (χ1n) is 7.25. The molecule has 23 heavy (non-hydrogen) atoms. The van der Waals surface area contributed by atoms with E-state index in [-0.39, 0.29) is 25.0 Å². The van der Waals surface area contributed by atoms with Crippen molar-refractivity contribution in [3.63, 3.8) is 0 Å². The molecule has 1 saturated carbocycles. The summed E-state index contributed by atoms with van der Waals surface area (Å²) in [4.78, 5) is 10.9. The van der Waals surface area contributed by atoms with Gasteiger partial charge >= 0.3 is 5.97 Å². The van der Waals surface area contributed by atoms with Crippen molar-refractivity contribution >= 4 is 16.0 Å². The molecule has 0 unspecified atom stereocenters. The standard InChI is InChI=1S/C15H20FNO5S/c1-22-13-4-2-3-11(7-13)9-23(20,21)17-10-15(16)6-5-12(8-15)14(18)19/h2-4,7,12,17H,5-6,8-10H2,1H3,(H,18,19)/t12-,15-/m1/s1. The second-order valence-electron chi connectivity index (χ2n) is 5.86. The lowest BCUT2D eigenvalue weighted by Gasteiger charge is -2.20. The van der Waals surface area contributed by atoms with Gasteiger partial charge in [0, 0.05) is 6.54 Å². The molecule has 1 aliphatic rings. The zero-order valence-electron chi connectivity index (χ0n) is 12.8. The average molecular weight is 345 g/mol. The van der Waals surface area contributed by atoms with Crippen LogP contribution < -0.4 is 9.46 Å². The molecule has 0 heterocycles. The van der Waals surface area contributed by atoms with Gasteiger partial charge < -0.3 is 9.84 Å². The molecule has 2 N–H and O–H groups in total. The molecule has 6 nitrogen and oxygen atoms in total. The van der Waals surface area contributed by atoms with Crippen LogP contribution >= 0.6 is 0 Å². The van der Waals surface area contributed by atoms with Gasteiger partial charge in [-0.2, -0.15) is 0 Å². The number of sulfonamides is 1. The predicted octanol–water partition coefficient (Wildman–Crippen LogP) is 1.71. The molecule has 0 radical (unpaired) electrons. The summed E-state index contributed by atoms with van der Waals surface area (Å²) in [7, 11) is -2.23. The zero-order valence-corrected chi connectivity index (χ0v) is 13.6. The molecule has 2 atom stereocenters. The van der Waals surface area contributed by atoms with Crippen LogP contribution in [-0.4, -0.2) is 38.8 Å². The van der Waals surface area contributed by atoms with Crippen LogP contribution in [0, 0.1) is 5.92 Å². The lowest BCUT2D eigenvalue weighted by Crippen LogP contribution is -2.38. The third kappa shape index (κ3) is 4.90. The third-order valence-electron chi connectivity index (χ3n) is 4.00. The highest BCUT2D eigenvalue weighted by Gasteiger charge is 2.42. The molecular weight excluding hydrogens is 325 g/mol. The number of methoxy groups -OCH3 is 1. The Morgan fingerprint density at radius 2 is 2.26 bits per heavy atom. The second-order valence-corrected chi connectivity index (χ2v) is 7.67. The first-order chi connectivity index (χ1) is 10.7. The maximum absolute atomic E-state index is 14.5. The van der Waals surface area contributed by atoms with Crippen LogP contribution in [0.4, 0.5) is 4.39 Å². The Morgan fingerprint density at radius 3 is 2.87 bits per heavy atom. The number of nitrogens with one attached hydrogen (secondary N) is 1. The van der Waals surface area contributed by atoms with E-state index in [0.29, 0.717) is 11.3 Å². The summed E-state index contributed by atoms with van der Waals surface area (Å²) < 4.78 is 45.9. The molecule has 0 aliphatic heterocycles. The number of benzene rings is 1. The lowest BCUT2D eigenvalue weighted by atomic mass is 10.0. The van der Waals surface area contributed by atoms with Gasteiger partial charge in [-0.15, -0.1) is 0 Å². The molecular formula is C15H20FNO5S. The summed E-state index contributed by atoms with van der Waals surface area (Å²) in [5.41, 5.74) is -1.27. The van der Waals surface area contributed by atoms with E-state index in [4.69, 9.17) is 9.84 Å².